The minimum Gasteiger partial charge on any atom is -0.339 e. The topological polar surface area (TPSA) is 98.7 Å². The normalized spacial score (nSPS) is 13.0. The van der Waals surface area contributed by atoms with Crippen LogP contribution in [-0.2, 0) is 13.2 Å². The van der Waals surface area contributed by atoms with Crippen molar-refractivity contribution in [2.75, 3.05) is 0 Å². The second-order valence-electron chi connectivity index (χ2n) is 6.81. The molecule has 1 N–H and O–H groups in total. The number of nitrogens with zero attached hydrogens (tertiary/aromatic N) is 5. The largest absolute Gasteiger partial charge is 0.435 e. The average Bonchev–Trinajstić information content (AvgIpc) is 3.28. The average molecular weight is 408 g/mol. The molecule has 8 nitrogen and oxygen atoms in total. The number of rotatable bonds is 5. The minimum atomic E-state index is -4.64. The molecule has 29 heavy (non-hydrogen) atoms. The molecule has 0 spiro atoms. The van der Waals surface area contributed by atoms with Crippen molar-refractivity contribution in [1.82, 2.24) is 30.2 Å². The minimum absolute atomic E-state index is 0.120. The zero-order chi connectivity index (χ0) is 21.3. The first-order valence-corrected chi connectivity index (χ1v) is 8.78. The second-order valence-corrected chi connectivity index (χ2v) is 6.81. The molecule has 0 saturated heterocycles. The molecule has 0 bridgehead atoms. The molecule has 11 heteroatoms. The van der Waals surface area contributed by atoms with Crippen LogP contribution in [0.4, 0.5) is 13.2 Å². The molecule has 0 aromatic carbocycles. The number of nitrogens with one attached hydrogen (secondary N) is 1. The highest BCUT2D eigenvalue weighted by molar-refractivity contribution is 5.92. The van der Waals surface area contributed by atoms with Gasteiger partial charge in [0, 0.05) is 30.6 Å². The van der Waals surface area contributed by atoms with Crippen molar-refractivity contribution in [2.45, 2.75) is 38.9 Å². The van der Waals surface area contributed by atoms with Gasteiger partial charge in [0.15, 0.2) is 5.69 Å². The fourth-order valence-corrected chi connectivity index (χ4v) is 2.58. The molecule has 0 unspecified atom stereocenters. The van der Waals surface area contributed by atoms with Gasteiger partial charge in [-0.2, -0.15) is 23.3 Å². The van der Waals surface area contributed by atoms with Gasteiger partial charge in [-0.05, 0) is 25.0 Å². The molecule has 1 atom stereocenters. The Bertz CT molecular complexity index is 1020. The molecule has 0 aliphatic carbocycles. The molecular formula is C18H19F3N6O2. The maximum Gasteiger partial charge on any atom is 0.435 e. The molecule has 154 valence electrons. The van der Waals surface area contributed by atoms with Crippen molar-refractivity contribution in [1.29, 1.82) is 0 Å². The Hall–Kier alpha value is -3.24. The SMILES string of the molecule is CC(C)c1cc(-c2noc([C@H](C)NC(=O)c3cc(C(F)(F)F)nn3C)n2)ccn1. The fraction of sp³-hybridized carbons (Fsp3) is 0.389. The molecule has 3 aromatic heterocycles. The summed E-state index contributed by atoms with van der Waals surface area (Å²) in [5.74, 6) is -0.0754. The van der Waals surface area contributed by atoms with Gasteiger partial charge in [-0.25, -0.2) is 0 Å². The summed E-state index contributed by atoms with van der Waals surface area (Å²) in [6.45, 7) is 5.60. The monoisotopic (exact) mass is 408 g/mol. The van der Waals surface area contributed by atoms with Gasteiger partial charge < -0.3 is 9.84 Å². The molecule has 0 fully saturated rings. The van der Waals surface area contributed by atoms with E-state index in [0.717, 1.165) is 10.4 Å². The number of hydrogen-bond acceptors (Lipinski definition) is 6. The third kappa shape index (κ3) is 4.44. The van der Waals surface area contributed by atoms with Crippen molar-refractivity contribution in [2.24, 2.45) is 7.05 Å². The van der Waals surface area contributed by atoms with Crippen molar-refractivity contribution in [3.63, 3.8) is 0 Å². The first kappa shape index (κ1) is 20.5. The van der Waals surface area contributed by atoms with E-state index in [9.17, 15) is 18.0 Å². The fourth-order valence-electron chi connectivity index (χ4n) is 2.58. The van der Waals surface area contributed by atoms with E-state index >= 15 is 0 Å². The van der Waals surface area contributed by atoms with Crippen LogP contribution in [-0.4, -0.2) is 30.8 Å². The number of hydrogen-bond donors (Lipinski definition) is 1. The molecule has 0 saturated carbocycles. The Kier molecular flexibility index (Phi) is 5.40. The van der Waals surface area contributed by atoms with E-state index in [1.807, 2.05) is 19.9 Å². The van der Waals surface area contributed by atoms with E-state index in [0.29, 0.717) is 17.5 Å². The molecule has 0 aliphatic heterocycles. The van der Waals surface area contributed by atoms with E-state index in [2.05, 4.69) is 25.5 Å². The first-order valence-electron chi connectivity index (χ1n) is 8.78. The molecule has 0 aliphatic rings. The highest BCUT2D eigenvalue weighted by atomic mass is 19.4. The van der Waals surface area contributed by atoms with Crippen LogP contribution in [0.15, 0.2) is 28.9 Å². The molecule has 1 amide bonds. The summed E-state index contributed by atoms with van der Waals surface area (Å²) in [6, 6.07) is 3.54. The Labute approximate surface area is 164 Å². The van der Waals surface area contributed by atoms with Crippen molar-refractivity contribution < 1.29 is 22.5 Å². The van der Waals surface area contributed by atoms with Gasteiger partial charge in [0.05, 0.1) is 0 Å². The van der Waals surface area contributed by atoms with Crippen LogP contribution >= 0.6 is 0 Å². The Morgan fingerprint density at radius 2 is 1.97 bits per heavy atom. The lowest BCUT2D eigenvalue weighted by atomic mass is 10.1. The van der Waals surface area contributed by atoms with E-state index < -0.39 is 23.8 Å². The molecular weight excluding hydrogens is 389 g/mol. The number of halogens is 3. The third-order valence-electron chi connectivity index (χ3n) is 4.19. The van der Waals surface area contributed by atoms with Crippen molar-refractivity contribution in [3.8, 4) is 11.4 Å². The van der Waals surface area contributed by atoms with E-state index in [-0.39, 0.29) is 17.5 Å². The maximum absolute atomic E-state index is 12.8. The number of carbonyl (C=O) groups excluding carboxylic acids is 1. The van der Waals surface area contributed by atoms with E-state index in [1.54, 1.807) is 19.2 Å². The quantitative estimate of drug-likeness (QED) is 0.694. The number of amides is 1. The number of alkyl halides is 3. The van der Waals surface area contributed by atoms with Crippen LogP contribution in [0.2, 0.25) is 0 Å². The highest BCUT2D eigenvalue weighted by Crippen LogP contribution is 2.28. The third-order valence-corrected chi connectivity index (χ3v) is 4.19. The van der Waals surface area contributed by atoms with Crippen LogP contribution < -0.4 is 5.32 Å². The second kappa shape index (κ2) is 7.64. The summed E-state index contributed by atoms with van der Waals surface area (Å²) in [7, 11) is 1.26. The van der Waals surface area contributed by atoms with Gasteiger partial charge >= 0.3 is 6.18 Å². The number of carbonyl (C=O) groups is 1. The summed E-state index contributed by atoms with van der Waals surface area (Å²) in [5, 5.41) is 9.77. The van der Waals surface area contributed by atoms with Gasteiger partial charge in [-0.15, -0.1) is 0 Å². The van der Waals surface area contributed by atoms with Crippen molar-refractivity contribution in [3.05, 3.63) is 47.4 Å². The summed E-state index contributed by atoms with van der Waals surface area (Å²) >= 11 is 0. The van der Waals surface area contributed by atoms with E-state index in [4.69, 9.17) is 4.52 Å². The zero-order valence-corrected chi connectivity index (χ0v) is 16.2. The van der Waals surface area contributed by atoms with Crippen LogP contribution in [0.3, 0.4) is 0 Å². The lowest BCUT2D eigenvalue weighted by Gasteiger charge is -2.09. The summed E-state index contributed by atoms with van der Waals surface area (Å²) in [5.41, 5.74) is 0.196. The van der Waals surface area contributed by atoms with Gasteiger partial charge in [0.25, 0.3) is 5.91 Å². The Morgan fingerprint density at radius 3 is 2.59 bits per heavy atom. The van der Waals surface area contributed by atoms with E-state index in [1.165, 1.54) is 7.05 Å². The van der Waals surface area contributed by atoms with Gasteiger partial charge in [0.1, 0.15) is 11.7 Å². The predicted molar refractivity (Wildman–Crippen MR) is 95.7 cm³/mol. The van der Waals surface area contributed by atoms with Gasteiger partial charge in [-0.1, -0.05) is 19.0 Å². The van der Waals surface area contributed by atoms with Gasteiger partial charge in [0.2, 0.25) is 11.7 Å². The number of pyridine rings is 1. The smallest absolute Gasteiger partial charge is 0.339 e. The number of aryl methyl sites for hydroxylation is 1. The summed E-state index contributed by atoms with van der Waals surface area (Å²) in [4.78, 5) is 20.9. The summed E-state index contributed by atoms with van der Waals surface area (Å²) < 4.78 is 44.4. The first-order chi connectivity index (χ1) is 13.6. The lowest BCUT2D eigenvalue weighted by molar-refractivity contribution is -0.141. The maximum atomic E-state index is 12.8. The van der Waals surface area contributed by atoms with Crippen molar-refractivity contribution >= 4 is 5.91 Å². The standard InChI is InChI=1S/C18H19F3N6O2/c1-9(2)12-7-11(5-6-22-12)15-24-17(29-26-15)10(3)23-16(28)13-8-14(18(19,20)21)25-27(13)4/h5-10H,1-4H3,(H,23,28)/t10-/m0/s1. The molecule has 3 rings (SSSR count). The van der Waals surface area contributed by atoms with Crippen LogP contribution in [0, 0.1) is 0 Å². The molecule has 3 heterocycles. The molecule has 3 aromatic rings. The highest BCUT2D eigenvalue weighted by Gasteiger charge is 2.35. The van der Waals surface area contributed by atoms with Crippen LogP contribution in [0.1, 0.15) is 60.5 Å². The summed E-state index contributed by atoms with van der Waals surface area (Å²) in [6.07, 6.45) is -2.99. The zero-order valence-electron chi connectivity index (χ0n) is 16.2. The van der Waals surface area contributed by atoms with Gasteiger partial charge in [-0.3, -0.25) is 14.5 Å². The lowest BCUT2D eigenvalue weighted by Crippen LogP contribution is -2.28. The molecule has 0 radical (unpaired) electrons. The van der Waals surface area contributed by atoms with Crippen LogP contribution in [0.25, 0.3) is 11.4 Å². The van der Waals surface area contributed by atoms with Crippen LogP contribution in [0.5, 0.6) is 0 Å². The Morgan fingerprint density at radius 1 is 1.24 bits per heavy atom. The number of aromatic nitrogens is 5. The predicted octanol–water partition coefficient (Wildman–Crippen LogP) is 3.50. The Balaban J connectivity index is 1.75.